The predicted molar refractivity (Wildman–Crippen MR) is 45.4 cm³/mol. The topological polar surface area (TPSA) is 21.6 Å². The zero-order chi connectivity index (χ0) is 7.94. The van der Waals surface area contributed by atoms with Crippen LogP contribution in [-0.4, -0.2) is 6.21 Å². The molecule has 11 heavy (non-hydrogen) atoms. The maximum Gasteiger partial charge on any atom is 0.131 e. The van der Waals surface area contributed by atoms with E-state index in [2.05, 4.69) is 17.4 Å². The van der Waals surface area contributed by atoms with Gasteiger partial charge in [0.15, 0.2) is 0 Å². The molecular weight excluding hydrogens is 138 g/mol. The van der Waals surface area contributed by atoms with Crippen LogP contribution in [0.3, 0.4) is 0 Å². The lowest BCUT2D eigenvalue weighted by molar-refractivity contribution is 0.210. The summed E-state index contributed by atoms with van der Waals surface area (Å²) in [7, 11) is 0. The van der Waals surface area contributed by atoms with Gasteiger partial charge in [0.2, 0.25) is 0 Å². The fourth-order valence-corrected chi connectivity index (χ4v) is 1.05. The van der Waals surface area contributed by atoms with Crippen LogP contribution in [0.5, 0.6) is 0 Å². The second kappa shape index (κ2) is 4.94. The fraction of sp³-hybridized carbons (Fsp3) is 0.667. The minimum Gasteiger partial charge on any atom is -0.362 e. The Morgan fingerprint density at radius 1 is 1.64 bits per heavy atom. The largest absolute Gasteiger partial charge is 0.362 e. The van der Waals surface area contributed by atoms with Gasteiger partial charge in [0.25, 0.3) is 0 Å². The molecule has 1 radical (unpaired) electrons. The summed E-state index contributed by atoms with van der Waals surface area (Å²) in [6, 6.07) is 0. The third-order valence-corrected chi connectivity index (χ3v) is 1.63. The Morgan fingerprint density at radius 2 is 2.55 bits per heavy atom. The van der Waals surface area contributed by atoms with Crippen LogP contribution in [-0.2, 0) is 4.84 Å². The van der Waals surface area contributed by atoms with Gasteiger partial charge in [-0.3, -0.25) is 0 Å². The maximum atomic E-state index is 5.10. The van der Waals surface area contributed by atoms with Crippen molar-refractivity contribution in [2.24, 2.45) is 5.16 Å². The van der Waals surface area contributed by atoms with Gasteiger partial charge >= 0.3 is 0 Å². The minimum atomic E-state index is 0.813. The molecule has 0 unspecified atom stereocenters. The maximum absolute atomic E-state index is 5.10. The molecule has 0 bridgehead atoms. The van der Waals surface area contributed by atoms with Gasteiger partial charge in [-0.05, 0) is 31.8 Å². The summed E-state index contributed by atoms with van der Waals surface area (Å²) in [6.07, 6.45) is 10.4. The van der Waals surface area contributed by atoms with Crippen molar-refractivity contribution in [2.45, 2.75) is 39.0 Å². The minimum absolute atomic E-state index is 0.813. The highest BCUT2D eigenvalue weighted by Crippen LogP contribution is 2.17. The Kier molecular flexibility index (Phi) is 3.73. The van der Waals surface area contributed by atoms with Crippen LogP contribution < -0.4 is 0 Å². The number of hydrogen-bond acceptors (Lipinski definition) is 2. The average Bonchev–Trinajstić information content (AvgIpc) is 2.07. The third kappa shape index (κ3) is 3.21. The average molecular weight is 152 g/mol. The first-order valence-electron chi connectivity index (χ1n) is 4.22. The van der Waals surface area contributed by atoms with E-state index in [1.54, 1.807) is 0 Å². The molecule has 1 aliphatic carbocycles. The quantitative estimate of drug-likeness (QED) is 0.450. The van der Waals surface area contributed by atoms with Crippen LogP contribution >= 0.6 is 0 Å². The SMILES string of the molecule is CC/[C]=N/OC1=CCCCC1. The second-order valence-electron chi connectivity index (χ2n) is 2.61. The monoisotopic (exact) mass is 152 g/mol. The van der Waals surface area contributed by atoms with Gasteiger partial charge < -0.3 is 4.84 Å². The molecule has 0 fully saturated rings. The molecule has 0 aromatic rings. The third-order valence-electron chi connectivity index (χ3n) is 1.63. The Bertz CT molecular complexity index is 161. The summed E-state index contributed by atoms with van der Waals surface area (Å²) in [5.41, 5.74) is 0. The van der Waals surface area contributed by atoms with E-state index in [1.165, 1.54) is 12.8 Å². The van der Waals surface area contributed by atoms with E-state index in [4.69, 9.17) is 4.84 Å². The molecule has 1 aliphatic rings. The van der Waals surface area contributed by atoms with Crippen molar-refractivity contribution in [3.8, 4) is 0 Å². The molecule has 0 saturated carbocycles. The standard InChI is InChI=1S/C9H14NO/c1-2-8-10-11-9-6-4-3-5-7-9/h6H,2-5,7H2,1H3. The lowest BCUT2D eigenvalue weighted by atomic mass is 10.1. The molecule has 2 heteroatoms. The summed E-state index contributed by atoms with van der Waals surface area (Å²) in [4.78, 5) is 5.10. The summed E-state index contributed by atoms with van der Waals surface area (Å²) in [5.74, 6) is 1.01. The smallest absolute Gasteiger partial charge is 0.131 e. The first-order valence-corrected chi connectivity index (χ1v) is 4.22. The van der Waals surface area contributed by atoms with Gasteiger partial charge in [0, 0.05) is 6.42 Å². The summed E-state index contributed by atoms with van der Waals surface area (Å²) < 4.78 is 0. The molecule has 61 valence electrons. The van der Waals surface area contributed by atoms with E-state index in [9.17, 15) is 0 Å². The summed E-state index contributed by atoms with van der Waals surface area (Å²) in [6.45, 7) is 1.99. The van der Waals surface area contributed by atoms with Crippen LogP contribution in [0, 0.1) is 0 Å². The zero-order valence-corrected chi connectivity index (χ0v) is 6.97. The first kappa shape index (κ1) is 8.31. The molecule has 0 spiro atoms. The molecular formula is C9H14NO. The Morgan fingerprint density at radius 3 is 3.18 bits per heavy atom. The molecule has 1 rings (SSSR count). The van der Waals surface area contributed by atoms with E-state index in [0.717, 1.165) is 25.0 Å². The molecule has 0 aromatic carbocycles. The van der Waals surface area contributed by atoms with Gasteiger partial charge in [0.05, 0.1) is 0 Å². The van der Waals surface area contributed by atoms with Crippen molar-refractivity contribution in [3.05, 3.63) is 11.8 Å². The van der Waals surface area contributed by atoms with Crippen molar-refractivity contribution < 1.29 is 4.84 Å². The van der Waals surface area contributed by atoms with Crippen LogP contribution in [0.25, 0.3) is 0 Å². The van der Waals surface area contributed by atoms with Crippen molar-refractivity contribution >= 4 is 6.21 Å². The molecule has 0 N–H and O–H groups in total. The molecule has 0 saturated heterocycles. The van der Waals surface area contributed by atoms with Gasteiger partial charge in [-0.1, -0.05) is 12.1 Å². The highest BCUT2D eigenvalue weighted by molar-refractivity contribution is 5.55. The molecule has 2 nitrogen and oxygen atoms in total. The van der Waals surface area contributed by atoms with Crippen molar-refractivity contribution in [3.63, 3.8) is 0 Å². The Hall–Kier alpha value is -0.790. The number of rotatable bonds is 3. The van der Waals surface area contributed by atoms with E-state index in [0.29, 0.717) is 0 Å². The zero-order valence-electron chi connectivity index (χ0n) is 6.97. The van der Waals surface area contributed by atoms with Gasteiger partial charge in [-0.25, -0.2) is 0 Å². The van der Waals surface area contributed by atoms with Gasteiger partial charge in [0.1, 0.15) is 12.0 Å². The number of nitrogens with zero attached hydrogens (tertiary/aromatic N) is 1. The van der Waals surface area contributed by atoms with Gasteiger partial charge in [-0.15, -0.1) is 0 Å². The van der Waals surface area contributed by atoms with Gasteiger partial charge in [-0.2, -0.15) is 0 Å². The molecule has 0 aromatic heterocycles. The number of hydrogen-bond donors (Lipinski definition) is 0. The van der Waals surface area contributed by atoms with Crippen LogP contribution in [0.4, 0.5) is 0 Å². The highest BCUT2D eigenvalue weighted by atomic mass is 16.6. The Balaban J connectivity index is 2.24. The van der Waals surface area contributed by atoms with E-state index in [1.807, 2.05) is 6.92 Å². The molecule has 0 amide bonds. The van der Waals surface area contributed by atoms with Crippen LogP contribution in [0.15, 0.2) is 17.0 Å². The Labute approximate surface area is 67.9 Å². The van der Waals surface area contributed by atoms with Crippen molar-refractivity contribution in [1.82, 2.24) is 0 Å². The first-order chi connectivity index (χ1) is 5.43. The lowest BCUT2D eigenvalue weighted by Crippen LogP contribution is -1.92. The van der Waals surface area contributed by atoms with Crippen LogP contribution in [0.1, 0.15) is 39.0 Å². The molecule has 0 aliphatic heterocycles. The predicted octanol–water partition coefficient (Wildman–Crippen LogP) is 2.73. The number of allylic oxidation sites excluding steroid dienone is 2. The fourth-order valence-electron chi connectivity index (χ4n) is 1.05. The second-order valence-corrected chi connectivity index (χ2v) is 2.61. The molecule has 0 atom stereocenters. The van der Waals surface area contributed by atoms with Crippen molar-refractivity contribution in [1.29, 1.82) is 0 Å². The van der Waals surface area contributed by atoms with E-state index in [-0.39, 0.29) is 0 Å². The van der Waals surface area contributed by atoms with Crippen LogP contribution in [0.2, 0.25) is 0 Å². The molecule has 0 heterocycles. The summed E-state index contributed by atoms with van der Waals surface area (Å²) in [5, 5.41) is 3.70. The van der Waals surface area contributed by atoms with Crippen molar-refractivity contribution in [2.75, 3.05) is 0 Å². The van der Waals surface area contributed by atoms with E-state index < -0.39 is 0 Å². The van der Waals surface area contributed by atoms with E-state index >= 15 is 0 Å². The lowest BCUT2D eigenvalue weighted by Gasteiger charge is -2.08. The summed E-state index contributed by atoms with van der Waals surface area (Å²) >= 11 is 0. The highest BCUT2D eigenvalue weighted by Gasteiger charge is 2.03. The normalized spacial score (nSPS) is 18.5.